The lowest BCUT2D eigenvalue weighted by molar-refractivity contribution is 0.164. The van der Waals surface area contributed by atoms with Gasteiger partial charge in [0.1, 0.15) is 0 Å². The maximum absolute atomic E-state index is 5.74. The van der Waals surface area contributed by atoms with Crippen molar-refractivity contribution in [3.8, 4) is 0 Å². The minimum Gasteiger partial charge on any atom is -0.403 e. The van der Waals surface area contributed by atoms with Gasteiger partial charge < -0.3 is 9.31 Å². The minimum absolute atomic E-state index is 0.0539. The molecule has 0 heterocycles. The normalized spacial score (nSPS) is 21.3. The molecular weight excluding hydrogens is 259 g/mol. The van der Waals surface area contributed by atoms with E-state index < -0.39 is 0 Å². The maximum atomic E-state index is 5.74. The third-order valence-corrected chi connectivity index (χ3v) is 3.91. The van der Waals surface area contributed by atoms with Gasteiger partial charge in [0.05, 0.1) is 12.2 Å². The summed E-state index contributed by atoms with van der Waals surface area (Å²) in [6, 6.07) is 16.5. The molecule has 0 N–H and O–H groups in total. The van der Waals surface area contributed by atoms with Gasteiger partial charge in [-0.15, -0.1) is 0 Å². The molecule has 0 fully saturated rings. The Bertz CT molecular complexity index is 659. The minimum atomic E-state index is -0.0539. The molecule has 0 amide bonds. The molecule has 2 unspecified atom stereocenters. The summed E-state index contributed by atoms with van der Waals surface area (Å²) in [5.41, 5.74) is 4.78. The monoisotopic (exact) mass is 273 g/mol. The average molecular weight is 273 g/mol. The summed E-state index contributed by atoms with van der Waals surface area (Å²) in [6.07, 6.45) is 8.15. The van der Waals surface area contributed by atoms with Crippen LogP contribution < -0.4 is 0 Å². The quantitative estimate of drug-likeness (QED) is 0.781. The molecule has 2 atom stereocenters. The highest BCUT2D eigenvalue weighted by atomic mass is 16.6. The van der Waals surface area contributed by atoms with Crippen LogP contribution in [0.2, 0.25) is 0 Å². The van der Waals surface area contributed by atoms with Gasteiger partial charge in [0.2, 0.25) is 0 Å². The topological polar surface area (TPSA) is 18.5 Å². The van der Waals surface area contributed by atoms with Gasteiger partial charge in [-0.3, -0.25) is 0 Å². The summed E-state index contributed by atoms with van der Waals surface area (Å²) in [5, 5.41) is 0. The molecule has 0 aliphatic heterocycles. The largest absolute Gasteiger partial charge is 0.489 e. The van der Waals surface area contributed by atoms with Crippen LogP contribution in [0.3, 0.4) is 0 Å². The summed E-state index contributed by atoms with van der Waals surface area (Å²) in [7, 11) is 1.47. The van der Waals surface area contributed by atoms with E-state index in [1.54, 1.807) is 0 Å². The number of benzene rings is 2. The second kappa shape index (κ2) is 5.36. The van der Waals surface area contributed by atoms with Crippen LogP contribution in [0.5, 0.6) is 0 Å². The Balaban J connectivity index is 1.38. The van der Waals surface area contributed by atoms with E-state index in [9.17, 15) is 0 Å². The van der Waals surface area contributed by atoms with Crippen molar-refractivity contribution >= 4 is 19.8 Å². The fourth-order valence-electron chi connectivity index (χ4n) is 2.82. The highest BCUT2D eigenvalue weighted by Gasteiger charge is 2.21. The van der Waals surface area contributed by atoms with Crippen LogP contribution in [-0.2, 0) is 9.31 Å². The van der Waals surface area contributed by atoms with Gasteiger partial charge in [-0.2, -0.15) is 0 Å². The van der Waals surface area contributed by atoms with Gasteiger partial charge in [-0.05, 0) is 22.3 Å². The highest BCUT2D eigenvalue weighted by molar-refractivity contribution is 6.18. The lowest BCUT2D eigenvalue weighted by Crippen LogP contribution is -2.11. The van der Waals surface area contributed by atoms with Crippen LogP contribution in [0.25, 0.3) is 12.2 Å². The first kappa shape index (κ1) is 12.6. The fraction of sp³-hybridized carbons (Fsp3) is 0.111. The van der Waals surface area contributed by atoms with Crippen LogP contribution in [0.4, 0.5) is 0 Å². The molecule has 0 saturated carbocycles. The molecule has 1 radical (unpaired) electrons. The predicted octanol–water partition coefficient (Wildman–Crippen LogP) is 4.09. The Morgan fingerprint density at radius 2 is 1.14 bits per heavy atom. The molecule has 3 heteroatoms. The van der Waals surface area contributed by atoms with Gasteiger partial charge in [-0.1, -0.05) is 72.8 Å². The van der Waals surface area contributed by atoms with Gasteiger partial charge in [0, 0.05) is 0 Å². The first-order valence-electron chi connectivity index (χ1n) is 7.09. The van der Waals surface area contributed by atoms with Crippen molar-refractivity contribution in [1.82, 2.24) is 0 Å². The molecule has 0 aromatic heterocycles. The lowest BCUT2D eigenvalue weighted by atomic mass is 10.1. The molecule has 21 heavy (non-hydrogen) atoms. The van der Waals surface area contributed by atoms with Gasteiger partial charge in [0.15, 0.2) is 0 Å². The van der Waals surface area contributed by atoms with Crippen molar-refractivity contribution < 1.29 is 9.31 Å². The van der Waals surface area contributed by atoms with Gasteiger partial charge in [-0.25, -0.2) is 0 Å². The molecule has 2 aromatic rings. The fourth-order valence-corrected chi connectivity index (χ4v) is 2.82. The first-order valence-corrected chi connectivity index (χ1v) is 7.09. The predicted molar refractivity (Wildman–Crippen MR) is 84.4 cm³/mol. The Morgan fingerprint density at radius 1 is 0.667 bits per heavy atom. The van der Waals surface area contributed by atoms with Crippen molar-refractivity contribution in [2.75, 3.05) is 0 Å². The average Bonchev–Trinajstić information content (AvgIpc) is 3.13. The summed E-state index contributed by atoms with van der Waals surface area (Å²) >= 11 is 0. The molecule has 0 spiro atoms. The van der Waals surface area contributed by atoms with Crippen LogP contribution in [0, 0.1) is 0 Å². The Hall–Kier alpha value is -2.10. The van der Waals surface area contributed by atoms with E-state index in [1.807, 2.05) is 36.4 Å². The van der Waals surface area contributed by atoms with Gasteiger partial charge in [0.25, 0.3) is 0 Å². The number of fused-ring (bicyclic) bond motifs is 2. The molecule has 2 aliphatic carbocycles. The molecule has 2 aliphatic rings. The van der Waals surface area contributed by atoms with Crippen molar-refractivity contribution in [1.29, 1.82) is 0 Å². The third-order valence-electron chi connectivity index (χ3n) is 3.91. The van der Waals surface area contributed by atoms with Crippen LogP contribution in [-0.4, -0.2) is 7.69 Å². The second-order valence-corrected chi connectivity index (χ2v) is 5.19. The van der Waals surface area contributed by atoms with E-state index in [4.69, 9.17) is 9.31 Å². The van der Waals surface area contributed by atoms with E-state index in [0.29, 0.717) is 0 Å². The van der Waals surface area contributed by atoms with Crippen molar-refractivity contribution in [2.24, 2.45) is 0 Å². The zero-order chi connectivity index (χ0) is 14.1. The molecule has 4 rings (SSSR count). The molecular formula is C18H14BO2. The molecule has 2 nitrogen and oxygen atoms in total. The van der Waals surface area contributed by atoms with Crippen LogP contribution in [0.1, 0.15) is 34.5 Å². The number of hydrogen-bond donors (Lipinski definition) is 0. The maximum Gasteiger partial charge on any atom is 0.489 e. The van der Waals surface area contributed by atoms with E-state index >= 15 is 0 Å². The van der Waals surface area contributed by atoms with Crippen LogP contribution >= 0.6 is 0 Å². The number of rotatable bonds is 4. The molecule has 0 saturated heterocycles. The van der Waals surface area contributed by atoms with E-state index in [0.717, 1.165) is 0 Å². The highest BCUT2D eigenvalue weighted by Crippen LogP contribution is 2.32. The smallest absolute Gasteiger partial charge is 0.403 e. The standard InChI is InChI=1S/C18H14BO2/c1-3-7-15-13(5-1)9-11-17(15)20-19-21-18-12-10-14-6-2-4-8-16(14)18/h1-12,17-18H. The molecule has 0 bridgehead atoms. The first-order chi connectivity index (χ1) is 10.4. The molecule has 2 aromatic carbocycles. The second-order valence-electron chi connectivity index (χ2n) is 5.19. The summed E-state index contributed by atoms with van der Waals surface area (Å²) in [4.78, 5) is 0. The zero-order valence-corrected chi connectivity index (χ0v) is 11.5. The van der Waals surface area contributed by atoms with E-state index in [-0.39, 0.29) is 12.2 Å². The Kier molecular flexibility index (Phi) is 3.22. The summed E-state index contributed by atoms with van der Waals surface area (Å²) < 4.78 is 11.5. The zero-order valence-electron chi connectivity index (χ0n) is 11.5. The summed E-state index contributed by atoms with van der Waals surface area (Å²) in [6.45, 7) is 0. The lowest BCUT2D eigenvalue weighted by Gasteiger charge is -2.15. The third kappa shape index (κ3) is 2.35. The van der Waals surface area contributed by atoms with Crippen molar-refractivity contribution in [2.45, 2.75) is 12.2 Å². The van der Waals surface area contributed by atoms with Crippen molar-refractivity contribution in [3.05, 3.63) is 82.9 Å². The van der Waals surface area contributed by atoms with E-state index in [1.165, 1.54) is 29.9 Å². The Labute approximate surface area is 125 Å². The van der Waals surface area contributed by atoms with E-state index in [2.05, 4.69) is 36.4 Å². The van der Waals surface area contributed by atoms with Gasteiger partial charge >= 0.3 is 7.69 Å². The van der Waals surface area contributed by atoms with Crippen molar-refractivity contribution in [3.63, 3.8) is 0 Å². The SMILES string of the molecule is [B](OC1C=Cc2ccccc21)OC1C=Cc2ccccc21. The molecule has 101 valence electrons. The Morgan fingerprint density at radius 3 is 1.67 bits per heavy atom. The summed E-state index contributed by atoms with van der Waals surface area (Å²) in [5.74, 6) is 0. The number of hydrogen-bond acceptors (Lipinski definition) is 2. The van der Waals surface area contributed by atoms with Crippen LogP contribution in [0.15, 0.2) is 60.7 Å².